The fourth-order valence-corrected chi connectivity index (χ4v) is 4.67. The molecular formula is C27H26F3N5O. The lowest BCUT2D eigenvalue weighted by atomic mass is 9.89. The van der Waals surface area contributed by atoms with E-state index >= 15 is 0 Å². The Hall–Kier alpha value is -3.72. The van der Waals surface area contributed by atoms with E-state index in [4.69, 9.17) is 4.74 Å². The number of H-pyrrole nitrogens is 1. The minimum absolute atomic E-state index is 0.0619. The maximum atomic E-state index is 13.8. The third kappa shape index (κ3) is 5.73. The number of aromatic nitrogens is 4. The van der Waals surface area contributed by atoms with Crippen LogP contribution in [-0.4, -0.2) is 38.6 Å². The normalized spacial score (nSPS) is 15.2. The quantitative estimate of drug-likeness (QED) is 0.350. The highest BCUT2D eigenvalue weighted by molar-refractivity contribution is 5.68. The highest BCUT2D eigenvalue weighted by Crippen LogP contribution is 2.38. The summed E-state index contributed by atoms with van der Waals surface area (Å²) in [6.07, 6.45) is -2.38. The number of hydrogen-bond acceptors (Lipinski definition) is 5. The first-order valence-corrected chi connectivity index (χ1v) is 11.9. The fourth-order valence-electron chi connectivity index (χ4n) is 4.67. The predicted octanol–water partition coefficient (Wildman–Crippen LogP) is 5.84. The molecule has 6 nitrogen and oxygen atoms in total. The van der Waals surface area contributed by atoms with Gasteiger partial charge in [0.05, 0.1) is 12.1 Å². The van der Waals surface area contributed by atoms with Crippen LogP contribution in [0.5, 0.6) is 5.75 Å². The number of benzene rings is 3. The number of nitrogens with zero attached hydrogens (tertiary/aromatic N) is 4. The zero-order chi connectivity index (χ0) is 25.0. The topological polar surface area (TPSA) is 66.9 Å². The van der Waals surface area contributed by atoms with Crippen molar-refractivity contribution in [2.75, 3.05) is 13.1 Å². The molecule has 0 unspecified atom stereocenters. The van der Waals surface area contributed by atoms with Crippen LogP contribution in [0.15, 0.2) is 72.8 Å². The number of piperidine rings is 1. The monoisotopic (exact) mass is 493 g/mol. The molecule has 4 aromatic rings. The van der Waals surface area contributed by atoms with Crippen LogP contribution in [0.25, 0.3) is 11.1 Å². The molecule has 1 fully saturated rings. The van der Waals surface area contributed by atoms with E-state index in [-0.39, 0.29) is 12.2 Å². The van der Waals surface area contributed by atoms with Gasteiger partial charge in [0, 0.05) is 0 Å². The summed E-state index contributed by atoms with van der Waals surface area (Å²) < 4.78 is 47.1. The molecule has 1 saturated heterocycles. The van der Waals surface area contributed by atoms with Crippen LogP contribution in [0.3, 0.4) is 0 Å². The van der Waals surface area contributed by atoms with Crippen LogP contribution in [0.4, 0.5) is 13.2 Å². The Labute approximate surface area is 207 Å². The molecule has 3 aromatic carbocycles. The Balaban J connectivity index is 1.19. The molecule has 1 N–H and O–H groups in total. The number of hydrogen-bond donors (Lipinski definition) is 1. The zero-order valence-corrected chi connectivity index (χ0v) is 19.6. The first kappa shape index (κ1) is 24.0. The molecule has 0 spiro atoms. The van der Waals surface area contributed by atoms with E-state index in [2.05, 4.69) is 37.7 Å². The number of aromatic amines is 1. The molecule has 0 saturated carbocycles. The Kier molecular flexibility index (Phi) is 6.99. The highest BCUT2D eigenvalue weighted by atomic mass is 19.4. The smallest absolute Gasteiger partial charge is 0.417 e. The molecule has 2 heterocycles. The standard InChI is InChI=1S/C27H26F3N5O/c28-27(29,30)25-16-19(6-11-24(25)22-4-2-1-3-5-22)18-36-23-9-7-20(8-10-23)21-12-14-35(15-13-21)17-26-31-33-34-32-26/h1-11,16,21H,12-15,17-18H2,(H,31,32,33,34). The van der Waals surface area contributed by atoms with Crippen molar-refractivity contribution in [2.24, 2.45) is 0 Å². The Bertz CT molecular complexity index is 1250. The van der Waals surface area contributed by atoms with Crippen molar-refractivity contribution >= 4 is 0 Å². The first-order chi connectivity index (χ1) is 17.5. The molecule has 36 heavy (non-hydrogen) atoms. The van der Waals surface area contributed by atoms with Crippen LogP contribution in [0.1, 0.15) is 41.3 Å². The average Bonchev–Trinajstić information content (AvgIpc) is 3.41. The second kappa shape index (κ2) is 10.5. The molecular weight excluding hydrogens is 467 g/mol. The lowest BCUT2D eigenvalue weighted by Crippen LogP contribution is -2.32. The van der Waals surface area contributed by atoms with Gasteiger partial charge in [-0.25, -0.2) is 5.10 Å². The Morgan fingerprint density at radius 3 is 2.36 bits per heavy atom. The maximum absolute atomic E-state index is 13.8. The van der Waals surface area contributed by atoms with Gasteiger partial charge in [-0.15, -0.1) is 5.10 Å². The van der Waals surface area contributed by atoms with Crippen molar-refractivity contribution in [1.29, 1.82) is 0 Å². The van der Waals surface area contributed by atoms with Gasteiger partial charge in [0.25, 0.3) is 0 Å². The fraction of sp³-hybridized carbons (Fsp3) is 0.296. The predicted molar refractivity (Wildman–Crippen MR) is 129 cm³/mol. The van der Waals surface area contributed by atoms with E-state index in [1.54, 1.807) is 36.4 Å². The number of tetrazole rings is 1. The van der Waals surface area contributed by atoms with Gasteiger partial charge in [0.15, 0.2) is 5.82 Å². The summed E-state index contributed by atoms with van der Waals surface area (Å²) >= 11 is 0. The number of nitrogens with one attached hydrogen (secondary N) is 1. The van der Waals surface area contributed by atoms with Gasteiger partial charge in [0.2, 0.25) is 0 Å². The summed E-state index contributed by atoms with van der Waals surface area (Å²) in [5, 5.41) is 14.0. The van der Waals surface area contributed by atoms with Crippen LogP contribution in [0.2, 0.25) is 0 Å². The SMILES string of the molecule is FC(F)(F)c1cc(COc2ccc(C3CCN(Cc4nnn[nH]4)CC3)cc2)ccc1-c1ccccc1. The van der Waals surface area contributed by atoms with Gasteiger partial charge in [-0.3, -0.25) is 4.90 Å². The Morgan fingerprint density at radius 2 is 1.69 bits per heavy atom. The molecule has 0 aliphatic carbocycles. The first-order valence-electron chi connectivity index (χ1n) is 11.9. The van der Waals surface area contributed by atoms with Gasteiger partial charge in [-0.2, -0.15) is 13.2 Å². The minimum atomic E-state index is -4.45. The number of ether oxygens (including phenoxy) is 1. The number of likely N-dealkylation sites (tertiary alicyclic amines) is 1. The van der Waals surface area contributed by atoms with Gasteiger partial charge in [-0.05, 0) is 82.7 Å². The summed E-state index contributed by atoms with van der Waals surface area (Å²) in [5.74, 6) is 1.87. The lowest BCUT2D eigenvalue weighted by Gasteiger charge is -2.31. The zero-order valence-electron chi connectivity index (χ0n) is 19.6. The van der Waals surface area contributed by atoms with Crippen molar-refractivity contribution in [2.45, 2.75) is 38.1 Å². The molecule has 1 aliphatic rings. The van der Waals surface area contributed by atoms with Gasteiger partial charge >= 0.3 is 6.18 Å². The van der Waals surface area contributed by atoms with Crippen LogP contribution in [-0.2, 0) is 19.3 Å². The van der Waals surface area contributed by atoms with Gasteiger partial charge in [-0.1, -0.05) is 54.6 Å². The summed E-state index contributed by atoms with van der Waals surface area (Å²) in [6, 6.07) is 20.9. The molecule has 0 radical (unpaired) electrons. The van der Waals surface area contributed by atoms with Crippen LogP contribution >= 0.6 is 0 Å². The summed E-state index contributed by atoms with van der Waals surface area (Å²) in [6.45, 7) is 2.70. The molecule has 1 aromatic heterocycles. The van der Waals surface area contributed by atoms with Crippen molar-refractivity contribution in [3.05, 3.63) is 95.3 Å². The van der Waals surface area contributed by atoms with Crippen molar-refractivity contribution in [3.63, 3.8) is 0 Å². The Morgan fingerprint density at radius 1 is 0.944 bits per heavy atom. The van der Waals surface area contributed by atoms with Crippen molar-refractivity contribution in [1.82, 2.24) is 25.5 Å². The van der Waals surface area contributed by atoms with E-state index in [1.165, 1.54) is 17.7 Å². The van der Waals surface area contributed by atoms with E-state index in [1.807, 2.05) is 12.1 Å². The van der Waals surface area contributed by atoms with Gasteiger partial charge < -0.3 is 4.74 Å². The third-order valence-corrected chi connectivity index (χ3v) is 6.58. The maximum Gasteiger partial charge on any atom is 0.417 e. The second-order valence-electron chi connectivity index (χ2n) is 9.00. The highest BCUT2D eigenvalue weighted by Gasteiger charge is 2.34. The second-order valence-corrected chi connectivity index (χ2v) is 9.00. The molecule has 5 rings (SSSR count). The van der Waals surface area contributed by atoms with Crippen molar-refractivity contribution in [3.8, 4) is 16.9 Å². The van der Waals surface area contributed by atoms with Crippen molar-refractivity contribution < 1.29 is 17.9 Å². The molecule has 9 heteroatoms. The molecule has 1 aliphatic heterocycles. The van der Waals surface area contributed by atoms with Crippen LogP contribution in [0, 0.1) is 0 Å². The summed E-state index contributed by atoms with van der Waals surface area (Å²) in [5.41, 5.74) is 1.76. The van der Waals surface area contributed by atoms with Gasteiger partial charge in [0.1, 0.15) is 12.4 Å². The number of rotatable bonds is 7. The number of halogens is 3. The molecule has 0 bridgehead atoms. The largest absolute Gasteiger partial charge is 0.489 e. The molecule has 0 atom stereocenters. The lowest BCUT2D eigenvalue weighted by molar-refractivity contribution is -0.137. The average molecular weight is 494 g/mol. The number of alkyl halides is 3. The van der Waals surface area contributed by atoms with Crippen LogP contribution < -0.4 is 4.74 Å². The minimum Gasteiger partial charge on any atom is -0.489 e. The van der Waals surface area contributed by atoms with E-state index in [9.17, 15) is 13.2 Å². The van der Waals surface area contributed by atoms with E-state index in [0.29, 0.717) is 22.8 Å². The third-order valence-electron chi connectivity index (χ3n) is 6.58. The summed E-state index contributed by atoms with van der Waals surface area (Å²) in [4.78, 5) is 2.33. The summed E-state index contributed by atoms with van der Waals surface area (Å²) in [7, 11) is 0. The van der Waals surface area contributed by atoms with E-state index in [0.717, 1.165) is 38.3 Å². The molecule has 186 valence electrons. The molecule has 0 amide bonds. The van der Waals surface area contributed by atoms with E-state index < -0.39 is 11.7 Å².